The monoisotopic (exact) mass is 480 g/mol. The van der Waals surface area contributed by atoms with E-state index in [1.807, 2.05) is 0 Å². The van der Waals surface area contributed by atoms with Gasteiger partial charge in [0.25, 0.3) is 0 Å². The van der Waals surface area contributed by atoms with E-state index < -0.39 is 0 Å². The van der Waals surface area contributed by atoms with Gasteiger partial charge in [0.2, 0.25) is 0 Å². The topological polar surface area (TPSA) is 52.6 Å². The normalized spacial score (nSPS) is 20.4. The van der Waals surface area contributed by atoms with Gasteiger partial charge in [0, 0.05) is 0 Å². The summed E-state index contributed by atoms with van der Waals surface area (Å²) in [4.78, 5) is 24.8. The Hall–Kier alpha value is -1.06. The van der Waals surface area contributed by atoms with Gasteiger partial charge in [0.1, 0.15) is 0 Å². The van der Waals surface area contributed by atoms with E-state index in [0.29, 0.717) is 13.2 Å². The molecule has 0 radical (unpaired) electrons. The molecule has 0 heterocycles. The summed E-state index contributed by atoms with van der Waals surface area (Å²) in [5.74, 6) is 2.90. The van der Waals surface area contributed by atoms with Crippen LogP contribution in [0.2, 0.25) is 0 Å². The van der Waals surface area contributed by atoms with Crippen LogP contribution in [0.5, 0.6) is 0 Å². The van der Waals surface area contributed by atoms with Crippen LogP contribution in [0.3, 0.4) is 0 Å². The SMILES string of the molecule is CC(C)CC(C)CCCCCOC(=O)C1CCC(C(=O)OCCCCCC(C)CC(C)C)CC1. The number of ether oxygens (including phenoxy) is 2. The van der Waals surface area contributed by atoms with E-state index in [1.54, 1.807) is 0 Å². The molecule has 1 fully saturated rings. The lowest BCUT2D eigenvalue weighted by atomic mass is 9.82. The molecule has 0 aromatic rings. The van der Waals surface area contributed by atoms with Crippen LogP contribution in [0, 0.1) is 35.5 Å². The van der Waals surface area contributed by atoms with Gasteiger partial charge in [-0.3, -0.25) is 9.59 Å². The summed E-state index contributed by atoms with van der Waals surface area (Å²) in [5, 5.41) is 0. The Morgan fingerprint density at radius 1 is 0.588 bits per heavy atom. The Bertz CT molecular complexity index is 486. The van der Waals surface area contributed by atoms with E-state index in [2.05, 4.69) is 41.5 Å². The lowest BCUT2D eigenvalue weighted by Crippen LogP contribution is -2.28. The molecule has 34 heavy (non-hydrogen) atoms. The zero-order valence-electron chi connectivity index (χ0n) is 23.4. The standard InChI is InChI=1S/C30H56O4/c1-23(2)21-25(5)13-9-7-11-19-33-29(31)27-15-17-28(18-16-27)30(32)34-20-12-8-10-14-26(6)22-24(3)4/h23-28H,7-22H2,1-6H3. The molecule has 0 aliphatic heterocycles. The summed E-state index contributed by atoms with van der Waals surface area (Å²) in [6, 6.07) is 0. The molecule has 0 spiro atoms. The second-order valence-corrected chi connectivity index (χ2v) is 12.1. The Labute approximate surface area is 211 Å². The number of carbonyl (C=O) groups excluding carboxylic acids is 2. The van der Waals surface area contributed by atoms with Crippen LogP contribution in [-0.2, 0) is 19.1 Å². The maximum absolute atomic E-state index is 12.4. The smallest absolute Gasteiger partial charge is 0.308 e. The first-order chi connectivity index (χ1) is 16.2. The van der Waals surface area contributed by atoms with Crippen molar-refractivity contribution in [2.75, 3.05) is 13.2 Å². The van der Waals surface area contributed by atoms with Gasteiger partial charge in [-0.2, -0.15) is 0 Å². The van der Waals surface area contributed by atoms with Crippen molar-refractivity contribution in [3.8, 4) is 0 Å². The molecule has 0 saturated heterocycles. The number of carbonyl (C=O) groups is 2. The zero-order valence-corrected chi connectivity index (χ0v) is 23.4. The number of hydrogen-bond donors (Lipinski definition) is 0. The molecule has 200 valence electrons. The van der Waals surface area contributed by atoms with Gasteiger partial charge in [-0.05, 0) is 75.0 Å². The second-order valence-electron chi connectivity index (χ2n) is 12.1. The third-order valence-corrected chi connectivity index (χ3v) is 7.31. The van der Waals surface area contributed by atoms with Gasteiger partial charge >= 0.3 is 11.9 Å². The first kappa shape index (κ1) is 31.0. The molecular weight excluding hydrogens is 424 g/mol. The Balaban J connectivity index is 2.05. The average Bonchev–Trinajstić information content (AvgIpc) is 2.77. The highest BCUT2D eigenvalue weighted by atomic mass is 16.5. The molecule has 1 saturated carbocycles. The fourth-order valence-corrected chi connectivity index (χ4v) is 5.53. The maximum atomic E-state index is 12.4. The largest absolute Gasteiger partial charge is 0.465 e. The van der Waals surface area contributed by atoms with Crippen molar-refractivity contribution >= 4 is 11.9 Å². The second kappa shape index (κ2) is 18.2. The molecule has 1 rings (SSSR count). The Kier molecular flexibility index (Phi) is 16.6. The van der Waals surface area contributed by atoms with Gasteiger partial charge in [0.05, 0.1) is 25.0 Å². The van der Waals surface area contributed by atoms with Crippen LogP contribution >= 0.6 is 0 Å². The van der Waals surface area contributed by atoms with Crippen molar-refractivity contribution in [2.45, 2.75) is 131 Å². The average molecular weight is 481 g/mol. The number of unbranched alkanes of at least 4 members (excludes halogenated alkanes) is 4. The minimum absolute atomic E-state index is 0.0389. The molecule has 2 unspecified atom stereocenters. The Morgan fingerprint density at radius 3 is 1.26 bits per heavy atom. The van der Waals surface area contributed by atoms with Gasteiger partial charge in [-0.25, -0.2) is 0 Å². The van der Waals surface area contributed by atoms with Crippen molar-refractivity contribution < 1.29 is 19.1 Å². The van der Waals surface area contributed by atoms with E-state index in [9.17, 15) is 9.59 Å². The van der Waals surface area contributed by atoms with Crippen molar-refractivity contribution in [3.05, 3.63) is 0 Å². The van der Waals surface area contributed by atoms with Crippen LogP contribution in [-0.4, -0.2) is 25.2 Å². The number of hydrogen-bond acceptors (Lipinski definition) is 4. The fourth-order valence-electron chi connectivity index (χ4n) is 5.53. The highest BCUT2D eigenvalue weighted by Gasteiger charge is 2.31. The summed E-state index contributed by atoms with van der Waals surface area (Å²) < 4.78 is 11.1. The van der Waals surface area contributed by atoms with Gasteiger partial charge in [-0.1, -0.05) is 80.1 Å². The molecule has 0 bridgehead atoms. The molecule has 4 heteroatoms. The van der Waals surface area contributed by atoms with Crippen LogP contribution in [0.4, 0.5) is 0 Å². The molecule has 1 aliphatic rings. The fraction of sp³-hybridized carbons (Fsp3) is 0.933. The van der Waals surface area contributed by atoms with Crippen molar-refractivity contribution in [3.63, 3.8) is 0 Å². The van der Waals surface area contributed by atoms with Crippen molar-refractivity contribution in [1.29, 1.82) is 0 Å². The predicted molar refractivity (Wildman–Crippen MR) is 142 cm³/mol. The van der Waals surface area contributed by atoms with Crippen LogP contribution in [0.25, 0.3) is 0 Å². The van der Waals surface area contributed by atoms with E-state index >= 15 is 0 Å². The number of rotatable bonds is 18. The molecule has 0 aromatic carbocycles. The lowest BCUT2D eigenvalue weighted by molar-refractivity contribution is -0.155. The quantitative estimate of drug-likeness (QED) is 0.146. The molecule has 1 aliphatic carbocycles. The maximum Gasteiger partial charge on any atom is 0.308 e. The summed E-state index contributed by atoms with van der Waals surface area (Å²) in [5.41, 5.74) is 0. The predicted octanol–water partition coefficient (Wildman–Crippen LogP) is 8.36. The minimum Gasteiger partial charge on any atom is -0.465 e. The van der Waals surface area contributed by atoms with Crippen molar-refractivity contribution in [1.82, 2.24) is 0 Å². The van der Waals surface area contributed by atoms with E-state index in [4.69, 9.17) is 9.47 Å². The summed E-state index contributed by atoms with van der Waals surface area (Å²) >= 11 is 0. The van der Waals surface area contributed by atoms with E-state index in [-0.39, 0.29) is 23.8 Å². The van der Waals surface area contributed by atoms with Crippen LogP contribution in [0.15, 0.2) is 0 Å². The summed E-state index contributed by atoms with van der Waals surface area (Å²) in [6.45, 7) is 14.9. The van der Waals surface area contributed by atoms with Gasteiger partial charge in [-0.15, -0.1) is 0 Å². The molecular formula is C30H56O4. The van der Waals surface area contributed by atoms with E-state index in [1.165, 1.54) is 38.5 Å². The molecule has 0 N–H and O–H groups in total. The summed E-state index contributed by atoms with van der Waals surface area (Å²) in [7, 11) is 0. The minimum atomic E-state index is -0.0633. The third kappa shape index (κ3) is 15.0. The molecule has 0 amide bonds. The highest BCUT2D eigenvalue weighted by molar-refractivity contribution is 5.75. The van der Waals surface area contributed by atoms with Gasteiger partial charge < -0.3 is 9.47 Å². The first-order valence-corrected chi connectivity index (χ1v) is 14.5. The molecule has 4 nitrogen and oxygen atoms in total. The zero-order chi connectivity index (χ0) is 25.3. The van der Waals surface area contributed by atoms with Crippen molar-refractivity contribution in [2.24, 2.45) is 35.5 Å². The van der Waals surface area contributed by atoms with E-state index in [0.717, 1.165) is 75.0 Å². The molecule has 2 atom stereocenters. The third-order valence-electron chi connectivity index (χ3n) is 7.31. The molecule has 0 aromatic heterocycles. The first-order valence-electron chi connectivity index (χ1n) is 14.5. The summed E-state index contributed by atoms with van der Waals surface area (Å²) in [6.07, 6.45) is 14.7. The lowest BCUT2D eigenvalue weighted by Gasteiger charge is -2.26. The van der Waals surface area contributed by atoms with Crippen LogP contribution < -0.4 is 0 Å². The highest BCUT2D eigenvalue weighted by Crippen LogP contribution is 2.30. The van der Waals surface area contributed by atoms with Crippen LogP contribution in [0.1, 0.15) is 131 Å². The van der Waals surface area contributed by atoms with Gasteiger partial charge in [0.15, 0.2) is 0 Å². The number of esters is 2. The Morgan fingerprint density at radius 2 is 0.941 bits per heavy atom.